The number of anilines is 4. The van der Waals surface area contributed by atoms with Gasteiger partial charge < -0.3 is 20.1 Å². The van der Waals surface area contributed by atoms with Crippen LogP contribution in [0.1, 0.15) is 0 Å². The molecule has 0 bridgehead atoms. The number of hydrogen-bond acceptors (Lipinski definition) is 6. The predicted molar refractivity (Wildman–Crippen MR) is 114 cm³/mol. The third-order valence-electron chi connectivity index (χ3n) is 4.06. The van der Waals surface area contributed by atoms with Crippen LogP contribution in [0.15, 0.2) is 54.9 Å². The number of halogens is 1. The van der Waals surface area contributed by atoms with Crippen molar-refractivity contribution >= 4 is 40.6 Å². The molecular formula is C20H20ClN5O3. The molecule has 3 rings (SSSR count). The van der Waals surface area contributed by atoms with Crippen molar-refractivity contribution in [1.29, 1.82) is 0 Å². The number of ether oxygens (including phenoxy) is 2. The minimum Gasteiger partial charge on any atom is -0.497 e. The molecule has 2 amide bonds. The summed E-state index contributed by atoms with van der Waals surface area (Å²) in [6, 6.07) is 14.0. The first-order valence-electron chi connectivity index (χ1n) is 8.62. The van der Waals surface area contributed by atoms with Gasteiger partial charge in [-0.25, -0.2) is 14.8 Å². The van der Waals surface area contributed by atoms with Gasteiger partial charge in [0.2, 0.25) is 0 Å². The Bertz CT molecular complexity index is 1000. The van der Waals surface area contributed by atoms with Crippen molar-refractivity contribution in [2.45, 2.75) is 0 Å². The molecule has 1 heterocycles. The van der Waals surface area contributed by atoms with Crippen molar-refractivity contribution in [3.8, 4) is 11.5 Å². The molecule has 9 heteroatoms. The number of carbonyl (C=O) groups is 1. The summed E-state index contributed by atoms with van der Waals surface area (Å²) in [6.45, 7) is 0. The largest absolute Gasteiger partial charge is 0.497 e. The van der Waals surface area contributed by atoms with Gasteiger partial charge in [-0.2, -0.15) is 0 Å². The molecule has 2 aromatic carbocycles. The smallest absolute Gasteiger partial charge is 0.327 e. The average Bonchev–Trinajstić information content (AvgIpc) is 2.75. The first-order valence-corrected chi connectivity index (χ1v) is 9.00. The third kappa shape index (κ3) is 4.85. The Morgan fingerprint density at radius 1 is 1.07 bits per heavy atom. The monoisotopic (exact) mass is 413 g/mol. The van der Waals surface area contributed by atoms with Crippen LogP contribution in [0.4, 0.5) is 27.8 Å². The van der Waals surface area contributed by atoms with E-state index < -0.39 is 6.03 Å². The molecule has 8 nitrogen and oxygen atoms in total. The molecule has 1 aromatic heterocycles. The van der Waals surface area contributed by atoms with Crippen molar-refractivity contribution in [3.05, 3.63) is 59.9 Å². The molecule has 0 radical (unpaired) electrons. The molecular weight excluding hydrogens is 394 g/mol. The zero-order chi connectivity index (χ0) is 20.8. The Kier molecular flexibility index (Phi) is 6.36. The number of para-hydroxylation sites is 1. The van der Waals surface area contributed by atoms with E-state index in [1.165, 1.54) is 25.4 Å². The Morgan fingerprint density at radius 2 is 1.83 bits per heavy atom. The number of urea groups is 1. The number of nitrogens with zero attached hydrogens (tertiary/aromatic N) is 3. The van der Waals surface area contributed by atoms with Gasteiger partial charge >= 0.3 is 6.03 Å². The fourth-order valence-corrected chi connectivity index (χ4v) is 2.73. The molecule has 0 atom stereocenters. The lowest BCUT2D eigenvalue weighted by Crippen LogP contribution is -2.32. The Balaban J connectivity index is 1.78. The molecule has 0 spiro atoms. The maximum atomic E-state index is 12.7. The van der Waals surface area contributed by atoms with E-state index >= 15 is 0 Å². The lowest BCUT2D eigenvalue weighted by Gasteiger charge is -2.19. The molecule has 0 unspecified atom stereocenters. The van der Waals surface area contributed by atoms with E-state index in [0.29, 0.717) is 28.8 Å². The molecule has 0 saturated heterocycles. The van der Waals surface area contributed by atoms with Gasteiger partial charge in [-0.1, -0.05) is 29.8 Å². The molecule has 0 saturated carbocycles. The second-order valence-corrected chi connectivity index (χ2v) is 6.31. The van der Waals surface area contributed by atoms with E-state index in [0.717, 1.165) is 5.69 Å². The van der Waals surface area contributed by atoms with Crippen molar-refractivity contribution in [3.63, 3.8) is 0 Å². The quantitative estimate of drug-likeness (QED) is 0.615. The summed E-state index contributed by atoms with van der Waals surface area (Å²) < 4.78 is 10.4. The van der Waals surface area contributed by atoms with Crippen LogP contribution in [-0.2, 0) is 0 Å². The maximum Gasteiger partial charge on any atom is 0.327 e. The highest BCUT2D eigenvalue weighted by Crippen LogP contribution is 2.36. The van der Waals surface area contributed by atoms with E-state index in [-0.39, 0.29) is 5.02 Å². The van der Waals surface area contributed by atoms with Gasteiger partial charge in [0.05, 0.1) is 19.9 Å². The standard InChI is InChI=1S/C20H20ClN5O3/c1-26(18-11-17(22-12-23-18)24-13-7-5-4-6-8-13)20(27)25-15-9-14(28-2)10-16(29-3)19(15)21/h4-12H,1-3H3,(H,25,27)(H,22,23,24). The normalized spacial score (nSPS) is 10.2. The predicted octanol–water partition coefficient (Wildman–Crippen LogP) is 4.56. The van der Waals surface area contributed by atoms with E-state index in [1.54, 1.807) is 25.2 Å². The molecule has 0 aliphatic carbocycles. The fraction of sp³-hybridized carbons (Fsp3) is 0.150. The first kappa shape index (κ1) is 20.2. The van der Waals surface area contributed by atoms with Crippen LogP contribution < -0.4 is 25.0 Å². The van der Waals surface area contributed by atoms with Crippen molar-refractivity contribution in [2.75, 3.05) is 36.8 Å². The molecule has 0 fully saturated rings. The summed E-state index contributed by atoms with van der Waals surface area (Å²) in [4.78, 5) is 22.4. The van der Waals surface area contributed by atoms with Crippen molar-refractivity contribution < 1.29 is 14.3 Å². The summed E-state index contributed by atoms with van der Waals surface area (Å²) in [6.07, 6.45) is 1.38. The Labute approximate surface area is 173 Å². The number of benzene rings is 2. The van der Waals surface area contributed by atoms with Crippen LogP contribution >= 0.6 is 11.6 Å². The van der Waals surface area contributed by atoms with Crippen molar-refractivity contribution in [1.82, 2.24) is 9.97 Å². The number of amides is 2. The van der Waals surface area contributed by atoms with Gasteiger partial charge in [0.15, 0.2) is 0 Å². The summed E-state index contributed by atoms with van der Waals surface area (Å²) in [5.74, 6) is 1.85. The van der Waals surface area contributed by atoms with E-state index in [2.05, 4.69) is 20.6 Å². The van der Waals surface area contributed by atoms with E-state index in [1.807, 2.05) is 30.3 Å². The number of carbonyl (C=O) groups excluding carboxylic acids is 1. The van der Waals surface area contributed by atoms with Gasteiger partial charge in [-0.3, -0.25) is 4.90 Å². The number of nitrogens with one attached hydrogen (secondary N) is 2. The minimum atomic E-state index is -0.438. The molecule has 2 N–H and O–H groups in total. The summed E-state index contributed by atoms with van der Waals surface area (Å²) in [5.41, 5.74) is 1.23. The molecule has 0 aliphatic rings. The zero-order valence-electron chi connectivity index (χ0n) is 16.1. The SMILES string of the molecule is COc1cc(NC(=O)N(C)c2cc(Nc3ccccc3)ncn2)c(Cl)c(OC)c1. The number of hydrogen-bond donors (Lipinski definition) is 2. The average molecular weight is 414 g/mol. The minimum absolute atomic E-state index is 0.268. The van der Waals surface area contributed by atoms with Crippen molar-refractivity contribution in [2.24, 2.45) is 0 Å². The summed E-state index contributed by atoms with van der Waals surface area (Å²) in [5, 5.41) is 6.17. The number of aromatic nitrogens is 2. The van der Waals surface area contributed by atoms with Gasteiger partial charge in [-0.15, -0.1) is 0 Å². The van der Waals surface area contributed by atoms with Gasteiger partial charge in [0.25, 0.3) is 0 Å². The fourth-order valence-electron chi connectivity index (χ4n) is 2.50. The van der Waals surface area contributed by atoms with E-state index in [9.17, 15) is 4.79 Å². The van der Waals surface area contributed by atoms with Gasteiger partial charge in [-0.05, 0) is 12.1 Å². The van der Waals surface area contributed by atoms with Gasteiger partial charge in [0.1, 0.15) is 34.5 Å². The number of rotatable bonds is 6. The second kappa shape index (κ2) is 9.11. The second-order valence-electron chi connectivity index (χ2n) is 5.93. The highest BCUT2D eigenvalue weighted by Gasteiger charge is 2.17. The summed E-state index contributed by atoms with van der Waals surface area (Å²) in [7, 11) is 4.60. The Hall–Kier alpha value is -3.52. The highest BCUT2D eigenvalue weighted by molar-refractivity contribution is 6.35. The summed E-state index contributed by atoms with van der Waals surface area (Å²) >= 11 is 6.30. The lowest BCUT2D eigenvalue weighted by atomic mass is 10.2. The zero-order valence-corrected chi connectivity index (χ0v) is 16.9. The third-order valence-corrected chi connectivity index (χ3v) is 4.45. The molecule has 150 valence electrons. The Morgan fingerprint density at radius 3 is 2.52 bits per heavy atom. The first-order chi connectivity index (χ1) is 14.0. The lowest BCUT2D eigenvalue weighted by molar-refractivity contribution is 0.258. The van der Waals surface area contributed by atoms with E-state index in [4.69, 9.17) is 21.1 Å². The van der Waals surface area contributed by atoms with Crippen LogP contribution in [0, 0.1) is 0 Å². The van der Waals surface area contributed by atoms with Crippen LogP contribution in [0.2, 0.25) is 5.02 Å². The highest BCUT2D eigenvalue weighted by atomic mass is 35.5. The molecule has 29 heavy (non-hydrogen) atoms. The molecule has 0 aliphatic heterocycles. The van der Waals surface area contributed by atoms with Crippen LogP contribution in [0.3, 0.4) is 0 Å². The van der Waals surface area contributed by atoms with Crippen LogP contribution in [-0.4, -0.2) is 37.3 Å². The topological polar surface area (TPSA) is 88.6 Å². The maximum absolute atomic E-state index is 12.7. The molecule has 3 aromatic rings. The van der Waals surface area contributed by atoms with Crippen LogP contribution in [0.25, 0.3) is 0 Å². The van der Waals surface area contributed by atoms with Crippen LogP contribution in [0.5, 0.6) is 11.5 Å². The number of methoxy groups -OCH3 is 2. The van der Waals surface area contributed by atoms with Gasteiger partial charge in [0, 0.05) is 30.9 Å².